The molecule has 4 nitrogen and oxygen atoms in total. The Balaban J connectivity index is 2.24. The minimum atomic E-state index is 0.0192. The summed E-state index contributed by atoms with van der Waals surface area (Å²) < 4.78 is 5.24. The molecule has 2 rings (SSSR count). The fourth-order valence-corrected chi connectivity index (χ4v) is 2.44. The van der Waals surface area contributed by atoms with Crippen molar-refractivity contribution in [1.82, 2.24) is 4.90 Å². The first kappa shape index (κ1) is 12.7. The van der Waals surface area contributed by atoms with Crippen LogP contribution in [0.3, 0.4) is 0 Å². The molecule has 0 bridgehead atoms. The van der Waals surface area contributed by atoms with Gasteiger partial charge in [0, 0.05) is 18.8 Å². The second-order valence-electron chi connectivity index (χ2n) is 4.96. The quantitative estimate of drug-likeness (QED) is 0.816. The van der Waals surface area contributed by atoms with E-state index in [4.69, 9.17) is 10.5 Å². The highest BCUT2D eigenvalue weighted by atomic mass is 16.5. The lowest BCUT2D eigenvalue weighted by Crippen LogP contribution is -2.39. The number of hydrogen-bond donors (Lipinski definition) is 1. The average molecular weight is 248 g/mol. The molecule has 0 radical (unpaired) electrons. The molecule has 1 amide bonds. The van der Waals surface area contributed by atoms with Gasteiger partial charge >= 0.3 is 0 Å². The predicted octanol–water partition coefficient (Wildman–Crippen LogP) is 2.15. The van der Waals surface area contributed by atoms with Crippen LogP contribution in [0.1, 0.15) is 30.1 Å². The van der Waals surface area contributed by atoms with Crippen molar-refractivity contribution >= 4 is 11.6 Å². The molecule has 1 aliphatic heterocycles. The van der Waals surface area contributed by atoms with E-state index in [0.29, 0.717) is 22.9 Å². The number of benzene rings is 1. The first-order valence-corrected chi connectivity index (χ1v) is 6.34. The Hall–Kier alpha value is -1.71. The van der Waals surface area contributed by atoms with Crippen LogP contribution < -0.4 is 10.5 Å². The van der Waals surface area contributed by atoms with Crippen LogP contribution in [0.2, 0.25) is 0 Å². The summed E-state index contributed by atoms with van der Waals surface area (Å²) in [4.78, 5) is 14.4. The summed E-state index contributed by atoms with van der Waals surface area (Å²) in [6.45, 7) is 3.81. The Kier molecular flexibility index (Phi) is 3.75. The van der Waals surface area contributed by atoms with Gasteiger partial charge in [0.1, 0.15) is 5.75 Å². The number of likely N-dealkylation sites (tertiary alicyclic amines) is 1. The highest BCUT2D eigenvalue weighted by Crippen LogP contribution is 2.25. The molecular formula is C14H20N2O2. The lowest BCUT2D eigenvalue weighted by atomic mass is 9.99. The van der Waals surface area contributed by atoms with Crippen LogP contribution >= 0.6 is 0 Å². The Morgan fingerprint density at radius 2 is 2.28 bits per heavy atom. The number of carbonyl (C=O) groups excluding carboxylic acids is 1. The van der Waals surface area contributed by atoms with Gasteiger partial charge in [-0.3, -0.25) is 4.79 Å². The summed E-state index contributed by atoms with van der Waals surface area (Å²) in [5.41, 5.74) is 6.90. The van der Waals surface area contributed by atoms with Crippen molar-refractivity contribution < 1.29 is 9.53 Å². The smallest absolute Gasteiger partial charge is 0.257 e. The predicted molar refractivity (Wildman–Crippen MR) is 71.7 cm³/mol. The number of anilines is 1. The van der Waals surface area contributed by atoms with Crippen LogP contribution in [0.5, 0.6) is 5.75 Å². The first-order valence-electron chi connectivity index (χ1n) is 6.34. The lowest BCUT2D eigenvalue weighted by molar-refractivity contribution is 0.0679. The zero-order chi connectivity index (χ0) is 13.1. The summed E-state index contributed by atoms with van der Waals surface area (Å²) in [6.07, 6.45) is 2.26. The van der Waals surface area contributed by atoms with E-state index in [2.05, 4.69) is 6.92 Å². The number of nitrogen functional groups attached to an aromatic ring is 1. The largest absolute Gasteiger partial charge is 0.496 e. The maximum absolute atomic E-state index is 12.5. The van der Waals surface area contributed by atoms with E-state index in [-0.39, 0.29) is 5.91 Å². The fourth-order valence-electron chi connectivity index (χ4n) is 2.44. The SMILES string of the molecule is COc1ccc(N)cc1C(=O)N1CCCC(C)C1. The van der Waals surface area contributed by atoms with E-state index in [1.54, 1.807) is 25.3 Å². The van der Waals surface area contributed by atoms with Crippen molar-refractivity contribution in [2.24, 2.45) is 5.92 Å². The minimum Gasteiger partial charge on any atom is -0.496 e. The molecule has 98 valence electrons. The van der Waals surface area contributed by atoms with Crippen LogP contribution in [0.15, 0.2) is 18.2 Å². The summed E-state index contributed by atoms with van der Waals surface area (Å²) in [7, 11) is 1.57. The summed E-state index contributed by atoms with van der Waals surface area (Å²) in [6, 6.07) is 5.19. The molecule has 1 saturated heterocycles. The molecule has 1 fully saturated rings. The highest BCUT2D eigenvalue weighted by Gasteiger charge is 2.24. The number of ether oxygens (including phenoxy) is 1. The second kappa shape index (κ2) is 5.29. The lowest BCUT2D eigenvalue weighted by Gasteiger charge is -2.31. The zero-order valence-corrected chi connectivity index (χ0v) is 11.0. The molecule has 0 aromatic heterocycles. The molecule has 0 saturated carbocycles. The van der Waals surface area contributed by atoms with Crippen LogP contribution in [-0.2, 0) is 0 Å². The number of nitrogens with two attached hydrogens (primary N) is 1. The average Bonchev–Trinajstić information content (AvgIpc) is 2.38. The van der Waals surface area contributed by atoms with Crippen molar-refractivity contribution in [3.8, 4) is 5.75 Å². The van der Waals surface area contributed by atoms with Crippen LogP contribution in [0, 0.1) is 5.92 Å². The van der Waals surface area contributed by atoms with Gasteiger partial charge in [0.15, 0.2) is 0 Å². The molecule has 1 aromatic carbocycles. The number of carbonyl (C=O) groups is 1. The molecule has 4 heteroatoms. The molecule has 0 aliphatic carbocycles. The van der Waals surface area contributed by atoms with Gasteiger partial charge in [-0.25, -0.2) is 0 Å². The molecule has 18 heavy (non-hydrogen) atoms. The summed E-state index contributed by atoms with van der Waals surface area (Å²) in [5.74, 6) is 1.17. The Labute approximate surface area is 108 Å². The van der Waals surface area contributed by atoms with Gasteiger partial charge in [-0.2, -0.15) is 0 Å². The zero-order valence-electron chi connectivity index (χ0n) is 11.0. The number of hydrogen-bond acceptors (Lipinski definition) is 3. The molecule has 1 aliphatic rings. The van der Waals surface area contributed by atoms with Gasteiger partial charge in [-0.15, -0.1) is 0 Å². The summed E-state index contributed by atoms with van der Waals surface area (Å²) in [5, 5.41) is 0. The number of rotatable bonds is 2. The van der Waals surface area contributed by atoms with Gasteiger partial charge in [0.25, 0.3) is 5.91 Å². The molecule has 1 atom stereocenters. The van der Waals surface area contributed by atoms with Crippen molar-refractivity contribution in [3.05, 3.63) is 23.8 Å². The van der Waals surface area contributed by atoms with Gasteiger partial charge in [0.2, 0.25) is 0 Å². The minimum absolute atomic E-state index is 0.0192. The van der Waals surface area contributed by atoms with Gasteiger partial charge in [0.05, 0.1) is 12.7 Å². The molecule has 1 unspecified atom stereocenters. The third kappa shape index (κ3) is 2.58. The van der Waals surface area contributed by atoms with Gasteiger partial charge < -0.3 is 15.4 Å². The molecule has 1 heterocycles. The maximum atomic E-state index is 12.5. The van der Waals surface area contributed by atoms with E-state index in [9.17, 15) is 4.79 Å². The van der Waals surface area contributed by atoms with Crippen molar-refractivity contribution in [1.29, 1.82) is 0 Å². The molecular weight excluding hydrogens is 228 g/mol. The second-order valence-corrected chi connectivity index (χ2v) is 4.96. The van der Waals surface area contributed by atoms with Gasteiger partial charge in [-0.1, -0.05) is 6.92 Å². The topological polar surface area (TPSA) is 55.6 Å². The summed E-state index contributed by atoms with van der Waals surface area (Å²) >= 11 is 0. The van der Waals surface area contributed by atoms with Crippen LogP contribution in [-0.4, -0.2) is 31.0 Å². The monoisotopic (exact) mass is 248 g/mol. The fraction of sp³-hybridized carbons (Fsp3) is 0.500. The number of nitrogens with zero attached hydrogens (tertiary/aromatic N) is 1. The van der Waals surface area contributed by atoms with E-state index >= 15 is 0 Å². The number of piperidine rings is 1. The Morgan fingerprint density at radius 3 is 2.94 bits per heavy atom. The van der Waals surface area contributed by atoms with Crippen molar-refractivity contribution in [2.45, 2.75) is 19.8 Å². The molecule has 0 spiro atoms. The Bertz CT molecular complexity index is 445. The number of amides is 1. The third-order valence-corrected chi connectivity index (χ3v) is 3.40. The highest BCUT2D eigenvalue weighted by molar-refractivity contribution is 5.97. The van der Waals surface area contributed by atoms with E-state index in [1.807, 2.05) is 4.90 Å². The molecule has 1 aromatic rings. The van der Waals surface area contributed by atoms with Crippen LogP contribution in [0.25, 0.3) is 0 Å². The van der Waals surface area contributed by atoms with Gasteiger partial charge in [-0.05, 0) is 37.0 Å². The molecule has 2 N–H and O–H groups in total. The van der Waals surface area contributed by atoms with E-state index in [0.717, 1.165) is 19.5 Å². The normalized spacial score (nSPS) is 19.7. The third-order valence-electron chi connectivity index (χ3n) is 3.40. The van der Waals surface area contributed by atoms with Crippen molar-refractivity contribution in [3.63, 3.8) is 0 Å². The maximum Gasteiger partial charge on any atom is 0.257 e. The standard InChI is InChI=1S/C14H20N2O2/c1-10-4-3-7-16(9-10)14(17)12-8-11(15)5-6-13(12)18-2/h5-6,8,10H,3-4,7,9,15H2,1-2H3. The number of methoxy groups -OCH3 is 1. The van der Waals surface area contributed by atoms with E-state index in [1.165, 1.54) is 6.42 Å². The van der Waals surface area contributed by atoms with Crippen molar-refractivity contribution in [2.75, 3.05) is 25.9 Å². The first-order chi connectivity index (χ1) is 8.61. The van der Waals surface area contributed by atoms with Crippen LogP contribution in [0.4, 0.5) is 5.69 Å². The Morgan fingerprint density at radius 1 is 1.50 bits per heavy atom. The van der Waals surface area contributed by atoms with E-state index < -0.39 is 0 Å².